The fourth-order valence-corrected chi connectivity index (χ4v) is 4.78. The summed E-state index contributed by atoms with van der Waals surface area (Å²) in [7, 11) is -3.39. The molecule has 1 N–H and O–H groups in total. The summed E-state index contributed by atoms with van der Waals surface area (Å²) >= 11 is 0. The number of nitrogens with one attached hydrogen (secondary N) is 1. The molecule has 3 rings (SSSR count). The number of likely N-dealkylation sites (tertiary alicyclic amines) is 1. The Kier molecular flexibility index (Phi) is 7.33. The first-order valence-electron chi connectivity index (χ1n) is 10.6. The molecular weight excluding hydrogens is 414 g/mol. The van der Waals surface area contributed by atoms with E-state index in [1.54, 1.807) is 55.5 Å². The highest BCUT2D eigenvalue weighted by molar-refractivity contribution is 7.92. The molecule has 0 aromatic heterocycles. The van der Waals surface area contributed by atoms with Crippen LogP contribution in [0.1, 0.15) is 53.3 Å². The molecule has 2 aromatic carbocycles. The number of rotatable bonds is 6. The van der Waals surface area contributed by atoms with Crippen LogP contribution >= 0.6 is 0 Å². The fourth-order valence-electron chi connectivity index (χ4n) is 3.80. The van der Waals surface area contributed by atoms with Crippen LogP contribution in [0.3, 0.4) is 0 Å². The van der Waals surface area contributed by atoms with Crippen LogP contribution in [-0.2, 0) is 10.0 Å². The van der Waals surface area contributed by atoms with E-state index in [-0.39, 0.29) is 11.8 Å². The van der Waals surface area contributed by atoms with Crippen LogP contribution in [0.15, 0.2) is 48.5 Å². The minimum absolute atomic E-state index is 0.0695. The Hall–Kier alpha value is -2.87. The number of para-hydroxylation sites is 1. The average molecular weight is 444 g/mol. The number of hydrogen-bond donors (Lipinski definition) is 1. The van der Waals surface area contributed by atoms with Crippen LogP contribution < -0.4 is 9.62 Å². The van der Waals surface area contributed by atoms with Gasteiger partial charge >= 0.3 is 0 Å². The van der Waals surface area contributed by atoms with Crippen molar-refractivity contribution in [2.75, 3.05) is 35.5 Å². The Labute approximate surface area is 184 Å². The van der Waals surface area contributed by atoms with Gasteiger partial charge in [-0.3, -0.25) is 13.9 Å². The molecule has 1 aliphatic heterocycles. The first-order valence-corrected chi connectivity index (χ1v) is 12.4. The lowest BCUT2D eigenvalue weighted by Gasteiger charge is -2.22. The number of carbonyl (C=O) groups excluding carboxylic acids is 2. The zero-order valence-electron chi connectivity index (χ0n) is 18.0. The van der Waals surface area contributed by atoms with Gasteiger partial charge in [0.1, 0.15) is 0 Å². The second kappa shape index (κ2) is 9.96. The van der Waals surface area contributed by atoms with Crippen LogP contribution in [0.25, 0.3) is 0 Å². The summed E-state index contributed by atoms with van der Waals surface area (Å²) < 4.78 is 25.0. The SMILES string of the molecule is CCN(c1ccc(C(=O)Nc2ccccc2C(=O)N2CCCCCC2)cc1)S(C)(=O)=O. The molecule has 1 heterocycles. The molecular formula is C23H29N3O4S. The van der Waals surface area contributed by atoms with Gasteiger partial charge in [-0.2, -0.15) is 0 Å². The topological polar surface area (TPSA) is 86.8 Å². The summed E-state index contributed by atoms with van der Waals surface area (Å²) in [5, 5.41) is 2.84. The van der Waals surface area contributed by atoms with E-state index < -0.39 is 10.0 Å². The molecule has 166 valence electrons. The Bertz CT molecular complexity index is 1030. The summed E-state index contributed by atoms with van der Waals surface area (Å²) in [5.74, 6) is -0.426. The largest absolute Gasteiger partial charge is 0.339 e. The van der Waals surface area contributed by atoms with E-state index in [1.807, 2.05) is 4.90 Å². The molecule has 0 saturated carbocycles. The van der Waals surface area contributed by atoms with Gasteiger partial charge in [0.05, 0.1) is 23.2 Å². The van der Waals surface area contributed by atoms with Crippen molar-refractivity contribution in [3.05, 3.63) is 59.7 Å². The smallest absolute Gasteiger partial charge is 0.255 e. The van der Waals surface area contributed by atoms with Crippen LogP contribution in [-0.4, -0.2) is 51.0 Å². The number of carbonyl (C=O) groups is 2. The highest BCUT2D eigenvalue weighted by atomic mass is 32.2. The molecule has 1 saturated heterocycles. The Balaban J connectivity index is 1.77. The minimum Gasteiger partial charge on any atom is -0.339 e. The normalized spacial score (nSPS) is 14.6. The van der Waals surface area contributed by atoms with E-state index >= 15 is 0 Å². The first-order chi connectivity index (χ1) is 14.8. The van der Waals surface area contributed by atoms with Gasteiger partial charge in [0.2, 0.25) is 10.0 Å². The van der Waals surface area contributed by atoms with Gasteiger partial charge in [-0.1, -0.05) is 25.0 Å². The van der Waals surface area contributed by atoms with Gasteiger partial charge in [0.25, 0.3) is 11.8 Å². The van der Waals surface area contributed by atoms with Gasteiger partial charge in [-0.15, -0.1) is 0 Å². The van der Waals surface area contributed by atoms with Gasteiger partial charge in [0, 0.05) is 25.2 Å². The predicted octanol–water partition coefficient (Wildman–Crippen LogP) is 3.74. The minimum atomic E-state index is -3.39. The number of nitrogens with zero attached hydrogens (tertiary/aromatic N) is 2. The molecule has 0 radical (unpaired) electrons. The van der Waals surface area contributed by atoms with Gasteiger partial charge < -0.3 is 10.2 Å². The predicted molar refractivity (Wildman–Crippen MR) is 123 cm³/mol. The third-order valence-corrected chi connectivity index (χ3v) is 6.67. The van der Waals surface area contributed by atoms with E-state index in [0.717, 1.165) is 45.0 Å². The highest BCUT2D eigenvalue weighted by Crippen LogP contribution is 2.22. The number of sulfonamides is 1. The maximum Gasteiger partial charge on any atom is 0.255 e. The third-order valence-electron chi connectivity index (χ3n) is 5.40. The van der Waals surface area contributed by atoms with Gasteiger partial charge in [-0.25, -0.2) is 8.42 Å². The molecule has 2 aromatic rings. The molecule has 0 bridgehead atoms. The second-order valence-corrected chi connectivity index (χ2v) is 9.59. The molecule has 0 atom stereocenters. The quantitative estimate of drug-likeness (QED) is 0.737. The van der Waals surface area contributed by atoms with Crippen molar-refractivity contribution >= 4 is 33.2 Å². The van der Waals surface area contributed by atoms with Gasteiger partial charge in [-0.05, 0) is 56.2 Å². The lowest BCUT2D eigenvalue weighted by Crippen LogP contribution is -2.32. The van der Waals surface area contributed by atoms with Gasteiger partial charge in [0.15, 0.2) is 0 Å². The highest BCUT2D eigenvalue weighted by Gasteiger charge is 2.21. The van der Waals surface area contributed by atoms with E-state index in [2.05, 4.69) is 5.32 Å². The lowest BCUT2D eigenvalue weighted by atomic mass is 10.1. The van der Waals surface area contributed by atoms with Crippen LogP contribution in [0, 0.1) is 0 Å². The van der Waals surface area contributed by atoms with Crippen LogP contribution in [0.4, 0.5) is 11.4 Å². The van der Waals surface area contributed by atoms with E-state index in [9.17, 15) is 18.0 Å². The van der Waals surface area contributed by atoms with Crippen molar-refractivity contribution in [2.24, 2.45) is 0 Å². The second-order valence-electron chi connectivity index (χ2n) is 7.68. The zero-order valence-corrected chi connectivity index (χ0v) is 18.8. The Morgan fingerprint density at radius 1 is 0.968 bits per heavy atom. The molecule has 7 nitrogen and oxygen atoms in total. The average Bonchev–Trinajstić information content (AvgIpc) is 3.03. The van der Waals surface area contributed by atoms with Crippen molar-refractivity contribution in [2.45, 2.75) is 32.6 Å². The molecule has 0 spiro atoms. The van der Waals surface area contributed by atoms with Crippen molar-refractivity contribution in [1.82, 2.24) is 4.90 Å². The summed E-state index contributed by atoms with van der Waals surface area (Å²) in [6.07, 6.45) is 5.40. The number of amides is 2. The van der Waals surface area contributed by atoms with Crippen molar-refractivity contribution < 1.29 is 18.0 Å². The van der Waals surface area contributed by atoms with E-state index in [4.69, 9.17) is 0 Å². The first kappa shape index (κ1) is 22.8. The molecule has 0 unspecified atom stereocenters. The summed E-state index contributed by atoms with van der Waals surface area (Å²) in [6.45, 7) is 3.52. The van der Waals surface area contributed by atoms with Crippen molar-refractivity contribution in [1.29, 1.82) is 0 Å². The summed E-state index contributed by atoms with van der Waals surface area (Å²) in [5.41, 5.74) is 1.82. The van der Waals surface area contributed by atoms with Crippen LogP contribution in [0.2, 0.25) is 0 Å². The number of anilines is 2. The standard InChI is InChI=1S/C23H29N3O4S/c1-3-26(31(2,29)30)19-14-12-18(13-15-19)22(27)24-21-11-7-6-10-20(21)23(28)25-16-8-4-5-9-17-25/h6-7,10-15H,3-5,8-9,16-17H2,1-2H3,(H,24,27). The zero-order chi connectivity index (χ0) is 22.4. The molecule has 31 heavy (non-hydrogen) atoms. The number of hydrogen-bond acceptors (Lipinski definition) is 4. The summed E-state index contributed by atoms with van der Waals surface area (Å²) in [6, 6.07) is 13.4. The van der Waals surface area contributed by atoms with Crippen molar-refractivity contribution in [3.63, 3.8) is 0 Å². The Morgan fingerprint density at radius 3 is 2.16 bits per heavy atom. The third kappa shape index (κ3) is 5.64. The Morgan fingerprint density at radius 2 is 1.58 bits per heavy atom. The molecule has 0 aliphatic carbocycles. The van der Waals surface area contributed by atoms with Crippen LogP contribution in [0.5, 0.6) is 0 Å². The maximum absolute atomic E-state index is 13.1. The monoisotopic (exact) mass is 443 g/mol. The maximum atomic E-state index is 13.1. The molecule has 2 amide bonds. The lowest BCUT2D eigenvalue weighted by molar-refractivity contribution is 0.0762. The van der Waals surface area contributed by atoms with E-state index in [0.29, 0.717) is 29.0 Å². The van der Waals surface area contributed by atoms with E-state index in [1.165, 1.54) is 4.31 Å². The van der Waals surface area contributed by atoms with Crippen molar-refractivity contribution in [3.8, 4) is 0 Å². The summed E-state index contributed by atoms with van der Waals surface area (Å²) in [4.78, 5) is 27.7. The fraction of sp³-hybridized carbons (Fsp3) is 0.391. The molecule has 1 fully saturated rings. The number of benzene rings is 2. The molecule has 1 aliphatic rings. The molecule has 8 heteroatoms.